The minimum Gasteiger partial charge on any atom is -0.302 e. The minimum atomic E-state index is 0.291. The third kappa shape index (κ3) is 3.12. The van der Waals surface area contributed by atoms with Crippen LogP contribution in [0.4, 0.5) is 0 Å². The maximum Gasteiger partial charge on any atom is 0.131 e. The van der Waals surface area contributed by atoms with Crippen LogP contribution in [-0.4, -0.2) is 16.1 Å². The molecule has 1 aromatic rings. The normalized spacial score (nSPS) is 9.00. The van der Waals surface area contributed by atoms with Gasteiger partial charge in [0.1, 0.15) is 6.29 Å². The molecule has 0 amide bonds. The summed E-state index contributed by atoms with van der Waals surface area (Å²) in [6, 6.07) is 0. The van der Waals surface area contributed by atoms with Gasteiger partial charge in [0.25, 0.3) is 0 Å². The Labute approximate surface area is 77.8 Å². The Hall–Kier alpha value is -1.56. The SMILES string of the molecule is CCCn1cc(C#CCC=O)cn1. The fourth-order valence-corrected chi connectivity index (χ4v) is 0.974. The average molecular weight is 176 g/mol. The topological polar surface area (TPSA) is 34.9 Å². The van der Waals surface area contributed by atoms with Crippen LogP contribution in [0.15, 0.2) is 12.4 Å². The number of aryl methyl sites for hydroxylation is 1. The molecule has 0 aliphatic carbocycles. The van der Waals surface area contributed by atoms with Crippen molar-refractivity contribution in [2.24, 2.45) is 0 Å². The Kier molecular flexibility index (Phi) is 3.77. The second kappa shape index (κ2) is 5.15. The first-order chi connectivity index (χ1) is 6.36. The zero-order chi connectivity index (χ0) is 9.52. The molecular weight excluding hydrogens is 164 g/mol. The Bertz CT molecular complexity index is 330. The molecule has 0 aliphatic heterocycles. The van der Waals surface area contributed by atoms with Crippen LogP contribution < -0.4 is 0 Å². The quantitative estimate of drug-likeness (QED) is 0.513. The van der Waals surface area contributed by atoms with Crippen molar-refractivity contribution in [3.63, 3.8) is 0 Å². The lowest BCUT2D eigenvalue weighted by molar-refractivity contribution is -0.107. The Balaban J connectivity index is 2.59. The molecule has 0 saturated carbocycles. The van der Waals surface area contributed by atoms with Crippen molar-refractivity contribution >= 4 is 6.29 Å². The van der Waals surface area contributed by atoms with E-state index < -0.39 is 0 Å². The Morgan fingerprint density at radius 1 is 1.69 bits per heavy atom. The van der Waals surface area contributed by atoms with E-state index in [-0.39, 0.29) is 0 Å². The van der Waals surface area contributed by atoms with E-state index >= 15 is 0 Å². The summed E-state index contributed by atoms with van der Waals surface area (Å²) in [6.45, 7) is 3.01. The van der Waals surface area contributed by atoms with Crippen molar-refractivity contribution < 1.29 is 4.79 Å². The van der Waals surface area contributed by atoms with Crippen molar-refractivity contribution in [2.45, 2.75) is 26.3 Å². The van der Waals surface area contributed by atoms with Crippen LogP contribution >= 0.6 is 0 Å². The molecule has 0 bridgehead atoms. The van der Waals surface area contributed by atoms with Crippen LogP contribution in [0.1, 0.15) is 25.3 Å². The van der Waals surface area contributed by atoms with E-state index in [1.165, 1.54) is 0 Å². The number of aldehydes is 1. The fourth-order valence-electron chi connectivity index (χ4n) is 0.974. The molecule has 0 fully saturated rings. The molecule has 0 atom stereocenters. The molecular formula is C10H12N2O. The van der Waals surface area contributed by atoms with Crippen LogP contribution in [-0.2, 0) is 11.3 Å². The van der Waals surface area contributed by atoms with Crippen molar-refractivity contribution in [3.8, 4) is 11.8 Å². The number of aromatic nitrogens is 2. The molecule has 0 radical (unpaired) electrons. The minimum absolute atomic E-state index is 0.291. The van der Waals surface area contributed by atoms with Crippen LogP contribution in [0.2, 0.25) is 0 Å². The summed E-state index contributed by atoms with van der Waals surface area (Å²) in [7, 11) is 0. The highest BCUT2D eigenvalue weighted by molar-refractivity contribution is 5.54. The number of nitrogens with zero attached hydrogens (tertiary/aromatic N) is 2. The molecule has 68 valence electrons. The lowest BCUT2D eigenvalue weighted by Crippen LogP contribution is -1.95. The van der Waals surface area contributed by atoms with Crippen molar-refractivity contribution in [3.05, 3.63) is 18.0 Å². The zero-order valence-electron chi connectivity index (χ0n) is 7.66. The molecule has 0 aliphatic rings. The van der Waals surface area contributed by atoms with Crippen LogP contribution in [0.3, 0.4) is 0 Å². The molecule has 13 heavy (non-hydrogen) atoms. The van der Waals surface area contributed by atoms with Gasteiger partial charge in [-0.15, -0.1) is 0 Å². The number of hydrogen-bond donors (Lipinski definition) is 0. The second-order valence-corrected chi connectivity index (χ2v) is 2.66. The molecule has 1 rings (SSSR count). The van der Waals surface area contributed by atoms with E-state index in [1.54, 1.807) is 6.20 Å². The number of carbonyl (C=O) groups is 1. The zero-order valence-corrected chi connectivity index (χ0v) is 7.66. The third-order valence-electron chi connectivity index (χ3n) is 1.50. The standard InChI is InChI=1S/C10H12N2O/c1-2-6-12-9-10(8-11-12)5-3-4-7-13/h7-9H,2,4,6H2,1H3. The van der Waals surface area contributed by atoms with Gasteiger partial charge < -0.3 is 4.79 Å². The van der Waals surface area contributed by atoms with Gasteiger partial charge in [0.2, 0.25) is 0 Å². The summed E-state index contributed by atoms with van der Waals surface area (Å²) in [5, 5.41) is 4.11. The van der Waals surface area contributed by atoms with Gasteiger partial charge in [-0.2, -0.15) is 5.10 Å². The van der Waals surface area contributed by atoms with E-state index in [0.717, 1.165) is 24.8 Å². The van der Waals surface area contributed by atoms with Gasteiger partial charge in [0.05, 0.1) is 18.2 Å². The number of rotatable bonds is 3. The lowest BCUT2D eigenvalue weighted by Gasteiger charge is -1.93. The van der Waals surface area contributed by atoms with Gasteiger partial charge in [-0.05, 0) is 6.42 Å². The summed E-state index contributed by atoms with van der Waals surface area (Å²) in [5.41, 5.74) is 0.871. The molecule has 1 heterocycles. The summed E-state index contributed by atoms with van der Waals surface area (Å²) in [6.07, 6.45) is 5.75. The molecule has 0 unspecified atom stereocenters. The lowest BCUT2D eigenvalue weighted by atomic mass is 10.3. The summed E-state index contributed by atoms with van der Waals surface area (Å²) in [5.74, 6) is 5.60. The second-order valence-electron chi connectivity index (χ2n) is 2.66. The molecule has 0 N–H and O–H groups in total. The van der Waals surface area contributed by atoms with Crippen molar-refractivity contribution in [1.29, 1.82) is 0 Å². The fraction of sp³-hybridized carbons (Fsp3) is 0.400. The van der Waals surface area contributed by atoms with Crippen molar-refractivity contribution in [1.82, 2.24) is 9.78 Å². The highest BCUT2D eigenvalue weighted by Gasteiger charge is 1.92. The first-order valence-corrected chi connectivity index (χ1v) is 4.31. The molecule has 0 spiro atoms. The largest absolute Gasteiger partial charge is 0.302 e. The van der Waals surface area contributed by atoms with E-state index in [1.807, 2.05) is 10.9 Å². The van der Waals surface area contributed by atoms with Crippen LogP contribution in [0, 0.1) is 11.8 Å². The van der Waals surface area contributed by atoms with Gasteiger partial charge in [-0.3, -0.25) is 4.68 Å². The van der Waals surface area contributed by atoms with E-state index in [9.17, 15) is 4.79 Å². The third-order valence-corrected chi connectivity index (χ3v) is 1.50. The summed E-state index contributed by atoms with van der Waals surface area (Å²) >= 11 is 0. The number of hydrogen-bond acceptors (Lipinski definition) is 2. The Morgan fingerprint density at radius 3 is 3.23 bits per heavy atom. The first-order valence-electron chi connectivity index (χ1n) is 4.31. The molecule has 3 nitrogen and oxygen atoms in total. The van der Waals surface area contributed by atoms with E-state index in [0.29, 0.717) is 6.42 Å². The summed E-state index contributed by atoms with van der Waals surface area (Å²) < 4.78 is 1.85. The number of carbonyl (C=O) groups excluding carboxylic acids is 1. The van der Waals surface area contributed by atoms with Gasteiger partial charge >= 0.3 is 0 Å². The highest BCUT2D eigenvalue weighted by atomic mass is 16.1. The van der Waals surface area contributed by atoms with Crippen molar-refractivity contribution in [2.75, 3.05) is 0 Å². The monoisotopic (exact) mass is 176 g/mol. The van der Waals surface area contributed by atoms with E-state index in [4.69, 9.17) is 0 Å². The maximum atomic E-state index is 9.98. The average Bonchev–Trinajstić information content (AvgIpc) is 2.54. The first kappa shape index (κ1) is 9.53. The van der Waals surface area contributed by atoms with Gasteiger partial charge in [0.15, 0.2) is 0 Å². The predicted molar refractivity (Wildman–Crippen MR) is 50.1 cm³/mol. The molecule has 1 aromatic heterocycles. The van der Waals surface area contributed by atoms with Gasteiger partial charge in [-0.25, -0.2) is 0 Å². The smallest absolute Gasteiger partial charge is 0.131 e. The predicted octanol–water partition coefficient (Wildman–Crippen LogP) is 1.23. The van der Waals surface area contributed by atoms with Gasteiger partial charge in [0, 0.05) is 12.7 Å². The molecule has 0 aromatic carbocycles. The molecule has 3 heteroatoms. The molecule has 0 saturated heterocycles. The van der Waals surface area contributed by atoms with Crippen LogP contribution in [0.5, 0.6) is 0 Å². The highest BCUT2D eigenvalue weighted by Crippen LogP contribution is 1.96. The van der Waals surface area contributed by atoms with Gasteiger partial charge in [-0.1, -0.05) is 18.8 Å². The Morgan fingerprint density at radius 2 is 2.54 bits per heavy atom. The summed E-state index contributed by atoms with van der Waals surface area (Å²) in [4.78, 5) is 9.98. The van der Waals surface area contributed by atoms with E-state index in [2.05, 4.69) is 23.9 Å². The maximum absolute atomic E-state index is 9.98. The van der Waals surface area contributed by atoms with Crippen LogP contribution in [0.25, 0.3) is 0 Å².